The lowest BCUT2D eigenvalue weighted by Gasteiger charge is -2.29. The van der Waals surface area contributed by atoms with E-state index in [1.54, 1.807) is 11.8 Å². The molecule has 0 saturated heterocycles. The molecular formula is C18H20ClN5O. The Balaban J connectivity index is 1.94. The summed E-state index contributed by atoms with van der Waals surface area (Å²) in [5, 5.41) is 16.5. The number of hydrogen-bond donors (Lipinski definition) is 1. The van der Waals surface area contributed by atoms with Crippen LogP contribution < -0.4 is 10.1 Å². The van der Waals surface area contributed by atoms with Gasteiger partial charge in [-0.1, -0.05) is 18.5 Å². The quantitative estimate of drug-likeness (QED) is 0.720. The molecule has 1 unspecified atom stereocenters. The number of hydrogen-bond acceptors (Lipinski definition) is 5. The maximum atomic E-state index is 5.98. The second-order valence-corrected chi connectivity index (χ2v) is 6.37. The molecule has 1 aromatic heterocycles. The van der Waals surface area contributed by atoms with Gasteiger partial charge < -0.3 is 10.1 Å². The smallest absolute Gasteiger partial charge is 0.181 e. The van der Waals surface area contributed by atoms with E-state index < -0.39 is 5.54 Å². The van der Waals surface area contributed by atoms with E-state index in [-0.39, 0.29) is 0 Å². The van der Waals surface area contributed by atoms with E-state index in [9.17, 15) is 0 Å². The highest BCUT2D eigenvalue weighted by molar-refractivity contribution is 6.30. The first-order valence-electron chi connectivity index (χ1n) is 8.03. The topological polar surface area (TPSA) is 64.9 Å². The molecule has 7 heteroatoms. The summed E-state index contributed by atoms with van der Waals surface area (Å²) in [6.07, 6.45) is 0.799. The van der Waals surface area contributed by atoms with Crippen molar-refractivity contribution in [2.45, 2.75) is 25.8 Å². The predicted octanol–water partition coefficient (Wildman–Crippen LogP) is 4.06. The van der Waals surface area contributed by atoms with E-state index in [1.165, 1.54) is 0 Å². The van der Waals surface area contributed by atoms with Crippen LogP contribution in [0.1, 0.15) is 26.1 Å². The normalized spacial score (nSPS) is 13.3. The first-order valence-corrected chi connectivity index (χ1v) is 8.40. The third-order valence-electron chi connectivity index (χ3n) is 4.25. The maximum absolute atomic E-state index is 5.98. The van der Waals surface area contributed by atoms with Gasteiger partial charge in [-0.25, -0.2) is 0 Å². The van der Waals surface area contributed by atoms with Crippen molar-refractivity contribution in [3.63, 3.8) is 0 Å². The maximum Gasteiger partial charge on any atom is 0.181 e. The van der Waals surface area contributed by atoms with Gasteiger partial charge in [-0.05, 0) is 72.3 Å². The molecule has 0 saturated carbocycles. The highest BCUT2D eigenvalue weighted by Crippen LogP contribution is 2.30. The summed E-state index contributed by atoms with van der Waals surface area (Å²) in [7, 11) is 1.65. The molecule has 6 nitrogen and oxygen atoms in total. The molecule has 0 fully saturated rings. The van der Waals surface area contributed by atoms with E-state index in [1.807, 2.05) is 48.5 Å². The number of nitrogens with zero attached hydrogens (tertiary/aromatic N) is 4. The minimum Gasteiger partial charge on any atom is -0.497 e. The van der Waals surface area contributed by atoms with Crippen LogP contribution in [0.3, 0.4) is 0 Å². The zero-order valence-electron chi connectivity index (χ0n) is 14.4. The van der Waals surface area contributed by atoms with Crippen molar-refractivity contribution in [3.05, 3.63) is 59.4 Å². The molecule has 1 heterocycles. The lowest BCUT2D eigenvalue weighted by Crippen LogP contribution is -2.34. The van der Waals surface area contributed by atoms with E-state index in [4.69, 9.17) is 16.3 Å². The van der Waals surface area contributed by atoms with Gasteiger partial charge in [-0.2, -0.15) is 4.68 Å². The molecule has 0 radical (unpaired) electrons. The molecule has 0 aliphatic heterocycles. The molecule has 3 rings (SSSR count). The Bertz CT molecular complexity index is 831. The number of anilines is 1. The van der Waals surface area contributed by atoms with Crippen LogP contribution in [-0.2, 0) is 5.54 Å². The van der Waals surface area contributed by atoms with Crippen LogP contribution in [0.2, 0.25) is 5.02 Å². The van der Waals surface area contributed by atoms with Gasteiger partial charge >= 0.3 is 0 Å². The molecule has 1 N–H and O–H groups in total. The van der Waals surface area contributed by atoms with E-state index in [0.29, 0.717) is 5.02 Å². The number of halogens is 1. The van der Waals surface area contributed by atoms with Gasteiger partial charge in [0.05, 0.1) is 18.3 Å². The Morgan fingerprint density at radius 1 is 1.12 bits per heavy atom. The molecule has 25 heavy (non-hydrogen) atoms. The van der Waals surface area contributed by atoms with Crippen LogP contribution in [0, 0.1) is 0 Å². The SMILES string of the molecule is CCC(C)(Nc1ccc(OC)cc1)c1nnnn1-c1ccc(Cl)cc1. The fourth-order valence-corrected chi connectivity index (χ4v) is 2.71. The third-order valence-corrected chi connectivity index (χ3v) is 4.50. The predicted molar refractivity (Wildman–Crippen MR) is 98.4 cm³/mol. The molecular weight excluding hydrogens is 338 g/mol. The lowest BCUT2D eigenvalue weighted by molar-refractivity contribution is 0.414. The van der Waals surface area contributed by atoms with Crippen LogP contribution in [0.5, 0.6) is 5.75 Å². The number of benzene rings is 2. The van der Waals surface area contributed by atoms with Crippen molar-refractivity contribution in [2.75, 3.05) is 12.4 Å². The van der Waals surface area contributed by atoms with E-state index in [2.05, 4.69) is 34.7 Å². The molecule has 0 bridgehead atoms. The monoisotopic (exact) mass is 357 g/mol. The molecule has 3 aromatic rings. The van der Waals surface area contributed by atoms with Gasteiger partial charge in [-0.3, -0.25) is 0 Å². The highest BCUT2D eigenvalue weighted by Gasteiger charge is 2.31. The zero-order chi connectivity index (χ0) is 17.9. The van der Waals surface area contributed by atoms with Crippen molar-refractivity contribution < 1.29 is 4.74 Å². The first-order chi connectivity index (χ1) is 12.1. The van der Waals surface area contributed by atoms with Gasteiger partial charge in [0.15, 0.2) is 5.82 Å². The third kappa shape index (κ3) is 3.58. The molecule has 130 valence electrons. The van der Waals surface area contributed by atoms with Crippen molar-refractivity contribution in [1.82, 2.24) is 20.2 Å². The van der Waals surface area contributed by atoms with Crippen molar-refractivity contribution in [2.24, 2.45) is 0 Å². The van der Waals surface area contributed by atoms with E-state index in [0.717, 1.165) is 29.4 Å². The molecule has 0 amide bonds. The summed E-state index contributed by atoms with van der Waals surface area (Å²) < 4.78 is 6.94. The van der Waals surface area contributed by atoms with Crippen LogP contribution in [0.25, 0.3) is 5.69 Å². The number of nitrogens with one attached hydrogen (secondary N) is 1. The van der Waals surface area contributed by atoms with Gasteiger partial charge in [0, 0.05) is 10.7 Å². The van der Waals surface area contributed by atoms with Gasteiger partial charge in [0.2, 0.25) is 0 Å². The minimum atomic E-state index is -0.447. The van der Waals surface area contributed by atoms with Crippen molar-refractivity contribution >= 4 is 17.3 Å². The summed E-state index contributed by atoms with van der Waals surface area (Å²) in [6.45, 7) is 4.17. The summed E-state index contributed by atoms with van der Waals surface area (Å²) in [4.78, 5) is 0. The van der Waals surface area contributed by atoms with Crippen LogP contribution in [0.4, 0.5) is 5.69 Å². The van der Waals surface area contributed by atoms with Gasteiger partial charge in [0.25, 0.3) is 0 Å². The zero-order valence-corrected chi connectivity index (χ0v) is 15.2. The lowest BCUT2D eigenvalue weighted by atomic mass is 9.97. The molecule has 2 aromatic carbocycles. The number of aromatic nitrogens is 4. The van der Waals surface area contributed by atoms with Gasteiger partial charge in [0.1, 0.15) is 5.75 Å². The van der Waals surface area contributed by atoms with E-state index >= 15 is 0 Å². The Hall–Kier alpha value is -2.60. The first kappa shape index (κ1) is 17.2. The number of tetrazole rings is 1. The summed E-state index contributed by atoms with van der Waals surface area (Å²) >= 11 is 5.98. The Morgan fingerprint density at radius 3 is 2.40 bits per heavy atom. The van der Waals surface area contributed by atoms with Crippen LogP contribution in [-0.4, -0.2) is 27.3 Å². The summed E-state index contributed by atoms with van der Waals surface area (Å²) in [5.74, 6) is 1.54. The molecule has 0 aliphatic rings. The standard InChI is InChI=1S/C18H20ClN5O/c1-4-18(2,20-14-7-11-16(25-3)12-8-14)17-21-22-23-24(17)15-9-5-13(19)6-10-15/h5-12,20H,4H2,1-3H3. The minimum absolute atomic E-state index is 0.447. The van der Waals surface area contributed by atoms with Crippen molar-refractivity contribution in [3.8, 4) is 11.4 Å². The molecule has 0 spiro atoms. The highest BCUT2D eigenvalue weighted by atomic mass is 35.5. The average Bonchev–Trinajstić information content (AvgIpc) is 3.13. The fourth-order valence-electron chi connectivity index (χ4n) is 2.58. The van der Waals surface area contributed by atoms with Crippen LogP contribution >= 0.6 is 11.6 Å². The van der Waals surface area contributed by atoms with Crippen molar-refractivity contribution in [1.29, 1.82) is 0 Å². The summed E-state index contributed by atoms with van der Waals surface area (Å²) in [5.41, 5.74) is 1.38. The second-order valence-electron chi connectivity index (χ2n) is 5.93. The number of methoxy groups -OCH3 is 1. The number of rotatable bonds is 6. The fraction of sp³-hybridized carbons (Fsp3) is 0.278. The Kier molecular flexibility index (Phi) is 4.90. The summed E-state index contributed by atoms with van der Waals surface area (Å²) in [6, 6.07) is 15.2. The number of ether oxygens (including phenoxy) is 1. The van der Waals surface area contributed by atoms with Crippen LogP contribution in [0.15, 0.2) is 48.5 Å². The molecule has 0 aliphatic carbocycles. The molecule has 1 atom stereocenters. The average molecular weight is 358 g/mol. The Morgan fingerprint density at radius 2 is 1.80 bits per heavy atom. The Labute approximate surface area is 151 Å². The van der Waals surface area contributed by atoms with Gasteiger partial charge in [-0.15, -0.1) is 5.10 Å². The largest absolute Gasteiger partial charge is 0.497 e. The second kappa shape index (κ2) is 7.11.